The summed E-state index contributed by atoms with van der Waals surface area (Å²) < 4.78 is 0. The standard InChI is InChI=1S/C16H33NO3/c1-2-3-4-5-6-7-8-11-17-12-9-10-14(18)16(20)15(19)13-17/h14-16,18-20H,2-13H2,1H3/t14-,15+,16+/m1/s1. The highest BCUT2D eigenvalue weighted by molar-refractivity contribution is 4.81. The summed E-state index contributed by atoms with van der Waals surface area (Å²) >= 11 is 0. The van der Waals surface area contributed by atoms with Crippen molar-refractivity contribution in [3.63, 3.8) is 0 Å². The van der Waals surface area contributed by atoms with Gasteiger partial charge in [-0.05, 0) is 32.4 Å². The monoisotopic (exact) mass is 287 g/mol. The Balaban J connectivity index is 2.13. The molecule has 0 spiro atoms. The Morgan fingerprint density at radius 3 is 2.25 bits per heavy atom. The van der Waals surface area contributed by atoms with E-state index in [0.29, 0.717) is 13.0 Å². The van der Waals surface area contributed by atoms with Gasteiger partial charge in [-0.2, -0.15) is 0 Å². The highest BCUT2D eigenvalue weighted by atomic mass is 16.4. The van der Waals surface area contributed by atoms with Gasteiger partial charge < -0.3 is 20.2 Å². The van der Waals surface area contributed by atoms with Crippen LogP contribution in [0.25, 0.3) is 0 Å². The maximum Gasteiger partial charge on any atom is 0.107 e. The van der Waals surface area contributed by atoms with E-state index in [2.05, 4.69) is 11.8 Å². The molecular formula is C16H33NO3. The van der Waals surface area contributed by atoms with Crippen molar-refractivity contribution in [2.75, 3.05) is 19.6 Å². The Hall–Kier alpha value is -0.160. The maximum atomic E-state index is 9.87. The van der Waals surface area contributed by atoms with Crippen molar-refractivity contribution in [3.8, 4) is 0 Å². The fourth-order valence-corrected chi connectivity index (χ4v) is 2.91. The first-order chi connectivity index (χ1) is 9.65. The predicted molar refractivity (Wildman–Crippen MR) is 81.7 cm³/mol. The van der Waals surface area contributed by atoms with Crippen molar-refractivity contribution in [3.05, 3.63) is 0 Å². The zero-order valence-electron chi connectivity index (χ0n) is 13.0. The van der Waals surface area contributed by atoms with E-state index in [9.17, 15) is 15.3 Å². The van der Waals surface area contributed by atoms with E-state index in [4.69, 9.17) is 0 Å². The number of rotatable bonds is 8. The first-order valence-corrected chi connectivity index (χ1v) is 8.41. The fraction of sp³-hybridized carbons (Fsp3) is 1.00. The summed E-state index contributed by atoms with van der Waals surface area (Å²) in [6.45, 7) is 4.62. The molecule has 20 heavy (non-hydrogen) atoms. The summed E-state index contributed by atoms with van der Waals surface area (Å²) in [4.78, 5) is 2.23. The van der Waals surface area contributed by atoms with E-state index in [1.807, 2.05) is 0 Å². The molecule has 0 aromatic heterocycles. The van der Waals surface area contributed by atoms with Gasteiger partial charge >= 0.3 is 0 Å². The van der Waals surface area contributed by atoms with Gasteiger partial charge in [0.15, 0.2) is 0 Å². The van der Waals surface area contributed by atoms with Crippen LogP contribution in [-0.2, 0) is 0 Å². The molecule has 1 aliphatic heterocycles. The van der Waals surface area contributed by atoms with Gasteiger partial charge in [0.1, 0.15) is 6.10 Å². The number of hydrogen-bond donors (Lipinski definition) is 3. The van der Waals surface area contributed by atoms with Crippen molar-refractivity contribution in [2.45, 2.75) is 83.0 Å². The number of aliphatic hydroxyl groups is 3. The van der Waals surface area contributed by atoms with Crippen molar-refractivity contribution in [1.29, 1.82) is 0 Å². The van der Waals surface area contributed by atoms with Gasteiger partial charge in [-0.1, -0.05) is 45.4 Å². The van der Waals surface area contributed by atoms with Gasteiger partial charge in [0.25, 0.3) is 0 Å². The molecule has 0 aromatic rings. The van der Waals surface area contributed by atoms with Crippen LogP contribution in [-0.4, -0.2) is 58.2 Å². The van der Waals surface area contributed by atoms with Crippen LogP contribution in [0.4, 0.5) is 0 Å². The third kappa shape index (κ3) is 7.02. The van der Waals surface area contributed by atoms with E-state index in [1.54, 1.807) is 0 Å². The maximum absolute atomic E-state index is 9.87. The van der Waals surface area contributed by atoms with Crippen LogP contribution in [0.1, 0.15) is 64.7 Å². The molecule has 1 fully saturated rings. The minimum atomic E-state index is -0.994. The Morgan fingerprint density at radius 1 is 0.900 bits per heavy atom. The smallest absolute Gasteiger partial charge is 0.107 e. The molecule has 4 heteroatoms. The van der Waals surface area contributed by atoms with Gasteiger partial charge in [0.05, 0.1) is 12.2 Å². The summed E-state index contributed by atoms with van der Waals surface area (Å²) in [7, 11) is 0. The molecule has 0 saturated carbocycles. The largest absolute Gasteiger partial charge is 0.390 e. The lowest BCUT2D eigenvalue weighted by atomic mass is 10.00. The molecule has 0 aromatic carbocycles. The van der Waals surface area contributed by atoms with E-state index in [-0.39, 0.29) is 0 Å². The van der Waals surface area contributed by atoms with E-state index in [0.717, 1.165) is 25.9 Å². The number of β-amino-alcohol motifs (C(OH)–C–C–N with tert-alkyl or cyclic N) is 1. The van der Waals surface area contributed by atoms with E-state index >= 15 is 0 Å². The first-order valence-electron chi connectivity index (χ1n) is 8.41. The average molecular weight is 287 g/mol. The molecule has 0 unspecified atom stereocenters. The number of unbranched alkanes of at least 4 members (excludes halogenated alkanes) is 6. The molecule has 0 radical (unpaired) electrons. The van der Waals surface area contributed by atoms with Crippen LogP contribution in [0, 0.1) is 0 Å². The van der Waals surface area contributed by atoms with Crippen molar-refractivity contribution in [2.24, 2.45) is 0 Å². The summed E-state index contributed by atoms with van der Waals surface area (Å²) in [5.74, 6) is 0. The van der Waals surface area contributed by atoms with Gasteiger partial charge in [-0.25, -0.2) is 0 Å². The van der Waals surface area contributed by atoms with Gasteiger partial charge in [0.2, 0.25) is 0 Å². The molecule has 3 N–H and O–H groups in total. The van der Waals surface area contributed by atoms with Crippen molar-refractivity contribution < 1.29 is 15.3 Å². The second-order valence-corrected chi connectivity index (χ2v) is 6.19. The van der Waals surface area contributed by atoms with Gasteiger partial charge in [-0.15, -0.1) is 0 Å². The number of hydrogen-bond acceptors (Lipinski definition) is 4. The lowest BCUT2D eigenvalue weighted by Crippen LogP contribution is -2.47. The molecule has 0 aliphatic carbocycles. The SMILES string of the molecule is CCCCCCCCCN1CCC[C@@H](O)[C@H](O)[C@@H](O)C1. The van der Waals surface area contributed by atoms with Crippen LogP contribution in [0.2, 0.25) is 0 Å². The Morgan fingerprint density at radius 2 is 1.55 bits per heavy atom. The normalized spacial score (nSPS) is 29.1. The van der Waals surface area contributed by atoms with Crippen LogP contribution in [0.3, 0.4) is 0 Å². The molecule has 1 aliphatic rings. The van der Waals surface area contributed by atoms with Crippen molar-refractivity contribution >= 4 is 0 Å². The highest BCUT2D eigenvalue weighted by Crippen LogP contribution is 2.14. The summed E-state index contributed by atoms with van der Waals surface area (Å²) in [5, 5.41) is 29.2. The quantitative estimate of drug-likeness (QED) is 0.597. The zero-order chi connectivity index (χ0) is 14.8. The third-order valence-corrected chi connectivity index (χ3v) is 4.29. The Kier molecular flexibility index (Phi) is 9.44. The molecule has 3 atom stereocenters. The predicted octanol–water partition coefficient (Wildman–Crippen LogP) is 1.92. The molecule has 1 rings (SSSR count). The first kappa shape index (κ1) is 17.9. The summed E-state index contributed by atoms with van der Waals surface area (Å²) in [6.07, 6.45) is 7.92. The van der Waals surface area contributed by atoms with Crippen LogP contribution in [0.15, 0.2) is 0 Å². The number of likely N-dealkylation sites (tertiary alicyclic amines) is 1. The second-order valence-electron chi connectivity index (χ2n) is 6.19. The van der Waals surface area contributed by atoms with Crippen LogP contribution >= 0.6 is 0 Å². The van der Waals surface area contributed by atoms with Gasteiger partial charge in [0, 0.05) is 6.54 Å². The van der Waals surface area contributed by atoms with Crippen LogP contribution < -0.4 is 0 Å². The summed E-state index contributed by atoms with van der Waals surface area (Å²) in [5.41, 5.74) is 0. The highest BCUT2D eigenvalue weighted by Gasteiger charge is 2.28. The minimum Gasteiger partial charge on any atom is -0.390 e. The van der Waals surface area contributed by atoms with E-state index < -0.39 is 18.3 Å². The molecule has 0 amide bonds. The van der Waals surface area contributed by atoms with E-state index in [1.165, 1.54) is 38.5 Å². The number of aliphatic hydroxyl groups excluding tert-OH is 3. The summed E-state index contributed by atoms with van der Waals surface area (Å²) in [6, 6.07) is 0. The topological polar surface area (TPSA) is 63.9 Å². The molecule has 0 bridgehead atoms. The van der Waals surface area contributed by atoms with Crippen LogP contribution in [0.5, 0.6) is 0 Å². The zero-order valence-corrected chi connectivity index (χ0v) is 13.0. The lowest BCUT2D eigenvalue weighted by molar-refractivity contribution is -0.0805. The minimum absolute atomic E-state index is 0.480. The number of nitrogens with zero attached hydrogens (tertiary/aromatic N) is 1. The molecule has 120 valence electrons. The Labute approximate surface area is 123 Å². The molecule has 4 nitrogen and oxygen atoms in total. The van der Waals surface area contributed by atoms with Crippen molar-refractivity contribution in [1.82, 2.24) is 4.90 Å². The second kappa shape index (κ2) is 10.6. The molecule has 1 saturated heterocycles. The average Bonchev–Trinajstić information content (AvgIpc) is 2.43. The van der Waals surface area contributed by atoms with Gasteiger partial charge in [-0.3, -0.25) is 0 Å². The third-order valence-electron chi connectivity index (χ3n) is 4.29. The Bertz CT molecular complexity index is 238. The lowest BCUT2D eigenvalue weighted by Gasteiger charge is -2.32. The molecule has 1 heterocycles. The molecular weight excluding hydrogens is 254 g/mol. The fourth-order valence-electron chi connectivity index (χ4n) is 2.91.